The highest BCUT2D eigenvalue weighted by Crippen LogP contribution is 2.32. The van der Waals surface area contributed by atoms with Crippen LogP contribution in [0.3, 0.4) is 0 Å². The van der Waals surface area contributed by atoms with Crippen molar-refractivity contribution in [2.24, 2.45) is 16.0 Å². The van der Waals surface area contributed by atoms with Crippen molar-refractivity contribution < 1.29 is 19.0 Å². The van der Waals surface area contributed by atoms with Gasteiger partial charge in [0.1, 0.15) is 29.8 Å². The summed E-state index contributed by atoms with van der Waals surface area (Å²) in [5, 5.41) is 15.7. The maximum Gasteiger partial charge on any atom is 0.283 e. The first-order valence-electron chi connectivity index (χ1n) is 11.5. The van der Waals surface area contributed by atoms with Gasteiger partial charge in [0, 0.05) is 16.0 Å². The number of nitrogens with one attached hydrogen (secondary N) is 1. The first-order valence-corrected chi connectivity index (χ1v) is 13.1. The van der Waals surface area contributed by atoms with E-state index in [9.17, 15) is 4.79 Å². The van der Waals surface area contributed by atoms with Crippen LogP contribution in [0.5, 0.6) is 11.5 Å². The third kappa shape index (κ3) is 6.43. The molecule has 0 saturated heterocycles. The van der Waals surface area contributed by atoms with E-state index >= 15 is 0 Å². The van der Waals surface area contributed by atoms with Crippen LogP contribution in [0, 0.1) is 18.3 Å². The molecule has 4 rings (SSSR count). The maximum atomic E-state index is 12.7. The topological polar surface area (TPSA) is 96.6 Å². The highest BCUT2D eigenvalue weighted by molar-refractivity contribution is 9.10. The fraction of sp³-hybridized carbons (Fsp3) is 0.308. The van der Waals surface area contributed by atoms with E-state index in [4.69, 9.17) is 19.6 Å². The van der Waals surface area contributed by atoms with Crippen LogP contribution in [0.1, 0.15) is 25.0 Å². The number of hydrazone groups is 1. The number of fused-ring (bicyclic) bond motifs is 1. The second-order valence-electron chi connectivity index (χ2n) is 8.42. The van der Waals surface area contributed by atoms with Crippen molar-refractivity contribution in [3.63, 3.8) is 0 Å². The summed E-state index contributed by atoms with van der Waals surface area (Å²) in [5.41, 5.74) is 1.99. The number of aliphatic imine (C=N–C) groups is 1. The highest BCUT2D eigenvalue weighted by Gasteiger charge is 2.36. The molecule has 0 aliphatic carbocycles. The van der Waals surface area contributed by atoms with Gasteiger partial charge in [-0.25, -0.2) is 0 Å². The van der Waals surface area contributed by atoms with Gasteiger partial charge in [0.05, 0.1) is 18.8 Å². The molecule has 188 valence electrons. The second-order valence-corrected chi connectivity index (χ2v) is 10.3. The molecule has 0 saturated carbocycles. The molecule has 2 heterocycles. The van der Waals surface area contributed by atoms with Crippen LogP contribution in [0.4, 0.5) is 0 Å². The summed E-state index contributed by atoms with van der Waals surface area (Å²) in [7, 11) is 0. The Kier molecular flexibility index (Phi) is 8.60. The Balaban J connectivity index is 1.35. The normalized spacial score (nSPS) is 16.4. The zero-order valence-electron chi connectivity index (χ0n) is 20.3. The molecule has 0 radical (unpaired) electrons. The van der Waals surface area contributed by atoms with Crippen LogP contribution in [0.25, 0.3) is 6.08 Å². The summed E-state index contributed by atoms with van der Waals surface area (Å²) in [4.78, 5) is 16.9. The Morgan fingerprint density at radius 3 is 2.53 bits per heavy atom. The predicted octanol–water partition coefficient (Wildman–Crippen LogP) is 5.51. The Bertz CT molecular complexity index is 1240. The molecular weight excluding hydrogens is 544 g/mol. The number of carbonyl (C=O) groups excluding carboxylic acids is 1. The Labute approximate surface area is 223 Å². The fourth-order valence-corrected chi connectivity index (χ4v) is 4.60. The zero-order chi connectivity index (χ0) is 25.7. The van der Waals surface area contributed by atoms with Crippen LogP contribution >= 0.6 is 27.7 Å². The number of hydrogen-bond acceptors (Lipinski definition) is 7. The van der Waals surface area contributed by atoms with Gasteiger partial charge < -0.3 is 14.2 Å². The molecule has 2 aliphatic heterocycles. The average molecular weight is 571 g/mol. The van der Waals surface area contributed by atoms with Gasteiger partial charge in [-0.2, -0.15) is 15.1 Å². The van der Waals surface area contributed by atoms with Crippen LogP contribution in [0.15, 0.2) is 62.6 Å². The average Bonchev–Trinajstić information content (AvgIpc) is 3.28. The van der Waals surface area contributed by atoms with Crippen LogP contribution in [-0.4, -0.2) is 53.4 Å². The Hall–Kier alpha value is -2.95. The van der Waals surface area contributed by atoms with Gasteiger partial charge in [0.2, 0.25) is 5.17 Å². The summed E-state index contributed by atoms with van der Waals surface area (Å²) < 4.78 is 18.0. The van der Waals surface area contributed by atoms with Crippen molar-refractivity contribution in [1.29, 1.82) is 5.41 Å². The number of hydrogen-bond donors (Lipinski definition) is 1. The van der Waals surface area contributed by atoms with Gasteiger partial charge in [-0.05, 0) is 55.1 Å². The fourth-order valence-electron chi connectivity index (χ4n) is 3.32. The van der Waals surface area contributed by atoms with Crippen LogP contribution in [-0.2, 0) is 9.53 Å². The van der Waals surface area contributed by atoms with Crippen molar-refractivity contribution in [3.8, 4) is 11.5 Å². The molecule has 0 fully saturated rings. The molecule has 8 nitrogen and oxygen atoms in total. The molecule has 0 atom stereocenters. The summed E-state index contributed by atoms with van der Waals surface area (Å²) in [5.74, 6) is 1.09. The van der Waals surface area contributed by atoms with Crippen molar-refractivity contribution in [2.75, 3.05) is 26.4 Å². The molecule has 1 amide bonds. The lowest BCUT2D eigenvalue weighted by Crippen LogP contribution is -2.35. The molecule has 0 bridgehead atoms. The second kappa shape index (κ2) is 11.9. The van der Waals surface area contributed by atoms with E-state index in [2.05, 4.69) is 26.0 Å². The van der Waals surface area contributed by atoms with E-state index in [0.29, 0.717) is 42.9 Å². The molecule has 0 aromatic heterocycles. The summed E-state index contributed by atoms with van der Waals surface area (Å²) in [6.07, 6.45) is 1.62. The largest absolute Gasteiger partial charge is 0.491 e. The van der Waals surface area contributed by atoms with Crippen molar-refractivity contribution in [3.05, 3.63) is 63.6 Å². The highest BCUT2D eigenvalue weighted by atomic mass is 79.9. The Morgan fingerprint density at radius 1 is 1.08 bits per heavy atom. The smallest absolute Gasteiger partial charge is 0.283 e. The number of carbonyl (C=O) groups is 1. The number of rotatable bonds is 10. The number of amides is 1. The number of aryl methyl sites for hydroxylation is 1. The van der Waals surface area contributed by atoms with Crippen LogP contribution < -0.4 is 9.47 Å². The van der Waals surface area contributed by atoms with E-state index < -0.39 is 5.91 Å². The lowest BCUT2D eigenvalue weighted by Gasteiger charge is -2.20. The van der Waals surface area contributed by atoms with Crippen molar-refractivity contribution >= 4 is 55.7 Å². The third-order valence-corrected chi connectivity index (χ3v) is 6.94. The SMILES string of the molecule is Cc1ccc(OCCOCCOc2ccc(Br)cc2/C=C2/C(=N)N3N=C(C(C)C)SC3=NC2=O)cc1. The van der Waals surface area contributed by atoms with Gasteiger partial charge in [-0.3, -0.25) is 10.2 Å². The zero-order valence-corrected chi connectivity index (χ0v) is 22.7. The van der Waals surface area contributed by atoms with Crippen molar-refractivity contribution in [2.45, 2.75) is 20.8 Å². The van der Waals surface area contributed by atoms with Crippen molar-refractivity contribution in [1.82, 2.24) is 5.01 Å². The standard InChI is InChI=1S/C26H27BrN4O4S/c1-16(2)25-30-31-23(28)21(24(32)29-26(31)36-25)15-18-14-19(27)6-9-22(18)35-13-11-33-10-12-34-20-7-4-17(3)5-8-20/h4-9,14-16,28H,10-13H2,1-3H3/b21-15-,28-23?. The van der Waals surface area contributed by atoms with Gasteiger partial charge in [-0.15, -0.1) is 0 Å². The summed E-state index contributed by atoms with van der Waals surface area (Å²) in [6.45, 7) is 7.64. The Morgan fingerprint density at radius 2 is 1.81 bits per heavy atom. The quantitative estimate of drug-likeness (QED) is 0.299. The summed E-state index contributed by atoms with van der Waals surface area (Å²) >= 11 is 4.79. The van der Waals surface area contributed by atoms with Gasteiger partial charge in [0.15, 0.2) is 5.84 Å². The number of nitrogens with zero attached hydrogens (tertiary/aromatic N) is 3. The predicted molar refractivity (Wildman–Crippen MR) is 147 cm³/mol. The maximum absolute atomic E-state index is 12.7. The van der Waals surface area contributed by atoms with E-state index in [0.717, 1.165) is 15.3 Å². The minimum atomic E-state index is -0.471. The number of halogens is 1. The lowest BCUT2D eigenvalue weighted by molar-refractivity contribution is -0.114. The number of thioether (sulfide) groups is 1. The molecule has 1 N–H and O–H groups in total. The summed E-state index contributed by atoms with van der Waals surface area (Å²) in [6, 6.07) is 13.4. The number of amidine groups is 2. The monoisotopic (exact) mass is 570 g/mol. The minimum absolute atomic E-state index is 0.00372. The van der Waals surface area contributed by atoms with Gasteiger partial charge in [0.25, 0.3) is 5.91 Å². The van der Waals surface area contributed by atoms with E-state index in [-0.39, 0.29) is 17.3 Å². The third-order valence-electron chi connectivity index (χ3n) is 5.24. The lowest BCUT2D eigenvalue weighted by atomic mass is 10.1. The molecule has 10 heteroatoms. The first-order chi connectivity index (χ1) is 17.3. The molecule has 0 spiro atoms. The minimum Gasteiger partial charge on any atom is -0.491 e. The van der Waals surface area contributed by atoms with Gasteiger partial charge in [-0.1, -0.05) is 47.5 Å². The molecular formula is C26H27BrN4O4S. The van der Waals surface area contributed by atoms with E-state index in [1.807, 2.05) is 63.2 Å². The van der Waals surface area contributed by atoms with E-state index in [1.165, 1.54) is 22.3 Å². The number of ether oxygens (including phenoxy) is 3. The molecule has 2 aromatic carbocycles. The first kappa shape index (κ1) is 26.1. The molecule has 0 unspecified atom stereocenters. The number of benzene rings is 2. The van der Waals surface area contributed by atoms with E-state index in [1.54, 1.807) is 6.08 Å². The van der Waals surface area contributed by atoms with Gasteiger partial charge >= 0.3 is 0 Å². The molecule has 2 aromatic rings. The molecule has 36 heavy (non-hydrogen) atoms. The van der Waals surface area contributed by atoms with Crippen LogP contribution in [0.2, 0.25) is 0 Å². The molecule has 2 aliphatic rings.